The van der Waals surface area contributed by atoms with E-state index in [0.717, 1.165) is 27.4 Å². The minimum absolute atomic E-state index is 0.0970. The molecular formula is C30H37N3O4S. The number of rotatable bonds is 12. The van der Waals surface area contributed by atoms with Crippen LogP contribution in [0.25, 0.3) is 0 Å². The first-order chi connectivity index (χ1) is 18.2. The summed E-state index contributed by atoms with van der Waals surface area (Å²) in [4.78, 5) is 28.6. The Morgan fingerprint density at radius 1 is 0.868 bits per heavy atom. The van der Waals surface area contributed by atoms with Crippen molar-refractivity contribution in [2.75, 3.05) is 17.4 Å². The van der Waals surface area contributed by atoms with Crippen LogP contribution in [0.3, 0.4) is 0 Å². The lowest BCUT2D eigenvalue weighted by molar-refractivity contribution is -0.140. The Labute approximate surface area is 226 Å². The molecule has 8 heteroatoms. The summed E-state index contributed by atoms with van der Waals surface area (Å²) in [7, 11) is -4.07. The van der Waals surface area contributed by atoms with E-state index in [1.54, 1.807) is 42.5 Å². The number of nitrogens with zero attached hydrogens (tertiary/aromatic N) is 2. The topological polar surface area (TPSA) is 86.8 Å². The van der Waals surface area contributed by atoms with Crippen molar-refractivity contribution in [2.24, 2.45) is 0 Å². The number of benzene rings is 3. The minimum atomic E-state index is -4.07. The van der Waals surface area contributed by atoms with E-state index >= 15 is 0 Å². The van der Waals surface area contributed by atoms with Gasteiger partial charge in [-0.1, -0.05) is 74.0 Å². The Hall–Kier alpha value is -3.65. The number of carbonyl (C=O) groups excluding carboxylic acids is 2. The Balaban J connectivity index is 2.04. The van der Waals surface area contributed by atoms with Crippen LogP contribution in [-0.2, 0) is 26.2 Å². The fourth-order valence-electron chi connectivity index (χ4n) is 4.21. The molecule has 0 aliphatic carbocycles. The highest BCUT2D eigenvalue weighted by atomic mass is 32.2. The lowest BCUT2D eigenvalue weighted by atomic mass is 10.1. The lowest BCUT2D eigenvalue weighted by Crippen LogP contribution is -2.52. The number of anilines is 1. The average molecular weight is 536 g/mol. The molecule has 2 amide bonds. The predicted molar refractivity (Wildman–Crippen MR) is 151 cm³/mol. The summed E-state index contributed by atoms with van der Waals surface area (Å²) in [6.07, 6.45) is 1.16. The molecule has 0 bridgehead atoms. The second-order valence-electron chi connectivity index (χ2n) is 9.39. The smallest absolute Gasteiger partial charge is 0.264 e. The van der Waals surface area contributed by atoms with Crippen LogP contribution in [-0.4, -0.2) is 44.3 Å². The third-order valence-electron chi connectivity index (χ3n) is 6.31. The van der Waals surface area contributed by atoms with Gasteiger partial charge in [-0.05, 0) is 62.1 Å². The van der Waals surface area contributed by atoms with Gasteiger partial charge in [-0.25, -0.2) is 8.42 Å². The summed E-state index contributed by atoms with van der Waals surface area (Å²) in [5.74, 6) is -0.702. The van der Waals surface area contributed by atoms with Gasteiger partial charge >= 0.3 is 0 Å². The average Bonchev–Trinajstić information content (AvgIpc) is 2.91. The lowest BCUT2D eigenvalue weighted by Gasteiger charge is -2.33. The number of hydrogen-bond donors (Lipinski definition) is 1. The molecule has 3 aromatic carbocycles. The van der Waals surface area contributed by atoms with E-state index < -0.39 is 28.5 Å². The molecule has 7 nitrogen and oxygen atoms in total. The molecule has 0 radical (unpaired) electrons. The Kier molecular flexibility index (Phi) is 10.1. The van der Waals surface area contributed by atoms with Gasteiger partial charge in [-0.3, -0.25) is 13.9 Å². The zero-order valence-corrected chi connectivity index (χ0v) is 23.4. The van der Waals surface area contributed by atoms with Gasteiger partial charge in [0.05, 0.1) is 10.6 Å². The van der Waals surface area contributed by atoms with Crippen LogP contribution < -0.4 is 9.62 Å². The zero-order valence-electron chi connectivity index (χ0n) is 22.6. The number of carbonyl (C=O) groups is 2. The zero-order chi connectivity index (χ0) is 27.7. The summed E-state index contributed by atoms with van der Waals surface area (Å²) >= 11 is 0. The number of nitrogens with one attached hydrogen (secondary N) is 1. The van der Waals surface area contributed by atoms with Crippen molar-refractivity contribution < 1.29 is 18.0 Å². The van der Waals surface area contributed by atoms with Crippen molar-refractivity contribution in [1.29, 1.82) is 0 Å². The maximum Gasteiger partial charge on any atom is 0.264 e. The van der Waals surface area contributed by atoms with Gasteiger partial charge in [-0.15, -0.1) is 0 Å². The highest BCUT2D eigenvalue weighted by Crippen LogP contribution is 2.26. The second-order valence-corrected chi connectivity index (χ2v) is 11.2. The SMILES string of the molecule is CCCNC(=O)C(CC)N(Cc1ccccc1)C(=O)CN(c1cccc(C)c1)S(=O)(=O)c1ccc(C)cc1. The third kappa shape index (κ3) is 7.22. The van der Waals surface area contributed by atoms with Crippen LogP contribution in [0.15, 0.2) is 83.8 Å². The van der Waals surface area contributed by atoms with Gasteiger partial charge in [0.25, 0.3) is 10.0 Å². The van der Waals surface area contributed by atoms with Crippen LogP contribution in [0.5, 0.6) is 0 Å². The van der Waals surface area contributed by atoms with Crippen LogP contribution >= 0.6 is 0 Å². The minimum Gasteiger partial charge on any atom is -0.354 e. The van der Waals surface area contributed by atoms with Crippen LogP contribution in [0.2, 0.25) is 0 Å². The molecule has 3 aromatic rings. The normalized spacial score (nSPS) is 12.0. The Bertz CT molecular complexity index is 1330. The molecule has 1 N–H and O–H groups in total. The quantitative estimate of drug-likeness (QED) is 0.360. The maximum atomic E-state index is 14.0. The summed E-state index contributed by atoms with van der Waals surface area (Å²) in [5, 5.41) is 2.89. The van der Waals surface area contributed by atoms with Gasteiger partial charge in [0.15, 0.2) is 0 Å². The van der Waals surface area contributed by atoms with E-state index in [4.69, 9.17) is 0 Å². The van der Waals surface area contributed by atoms with Gasteiger partial charge < -0.3 is 10.2 Å². The Morgan fingerprint density at radius 2 is 1.55 bits per heavy atom. The number of hydrogen-bond acceptors (Lipinski definition) is 4. The predicted octanol–water partition coefficient (Wildman–Crippen LogP) is 4.83. The molecule has 0 aliphatic heterocycles. The summed E-state index contributed by atoms with van der Waals surface area (Å²) < 4.78 is 28.9. The van der Waals surface area contributed by atoms with Crippen molar-refractivity contribution in [3.8, 4) is 0 Å². The van der Waals surface area contributed by atoms with Crippen molar-refractivity contribution in [3.63, 3.8) is 0 Å². The van der Waals surface area contributed by atoms with Crippen molar-refractivity contribution in [2.45, 2.75) is 58.0 Å². The number of aryl methyl sites for hydroxylation is 2. The maximum absolute atomic E-state index is 14.0. The van der Waals surface area contributed by atoms with E-state index in [0.29, 0.717) is 18.7 Å². The highest BCUT2D eigenvalue weighted by Gasteiger charge is 2.33. The third-order valence-corrected chi connectivity index (χ3v) is 8.10. The summed E-state index contributed by atoms with van der Waals surface area (Å²) in [6, 6.07) is 22.3. The molecule has 0 saturated heterocycles. The first-order valence-electron chi connectivity index (χ1n) is 12.9. The standard InChI is InChI=1S/C30H37N3O4S/c1-5-19-31-30(35)28(6-2)32(21-25-12-8-7-9-13-25)29(34)22-33(26-14-10-11-24(4)20-26)38(36,37)27-17-15-23(3)16-18-27/h7-18,20,28H,5-6,19,21-22H2,1-4H3,(H,31,35). The molecule has 0 saturated carbocycles. The molecule has 0 fully saturated rings. The van der Waals surface area contributed by atoms with E-state index in [-0.39, 0.29) is 17.3 Å². The van der Waals surface area contributed by atoms with Crippen LogP contribution in [0.1, 0.15) is 43.4 Å². The van der Waals surface area contributed by atoms with Crippen molar-refractivity contribution in [3.05, 3.63) is 95.6 Å². The van der Waals surface area contributed by atoms with Crippen molar-refractivity contribution in [1.82, 2.24) is 10.2 Å². The molecular weight excluding hydrogens is 498 g/mol. The van der Waals surface area contributed by atoms with Gasteiger partial charge in [0.1, 0.15) is 12.6 Å². The summed E-state index contributed by atoms with van der Waals surface area (Å²) in [6.45, 7) is 7.81. The highest BCUT2D eigenvalue weighted by molar-refractivity contribution is 7.92. The van der Waals surface area contributed by atoms with Gasteiger partial charge in [0, 0.05) is 13.1 Å². The van der Waals surface area contributed by atoms with Gasteiger partial charge in [0.2, 0.25) is 11.8 Å². The van der Waals surface area contributed by atoms with E-state index in [2.05, 4.69) is 5.32 Å². The summed E-state index contributed by atoms with van der Waals surface area (Å²) in [5.41, 5.74) is 3.04. The largest absolute Gasteiger partial charge is 0.354 e. The number of sulfonamides is 1. The molecule has 3 rings (SSSR count). The molecule has 0 spiro atoms. The molecule has 0 aromatic heterocycles. The molecule has 0 aliphatic rings. The van der Waals surface area contributed by atoms with Crippen LogP contribution in [0.4, 0.5) is 5.69 Å². The monoisotopic (exact) mass is 535 g/mol. The molecule has 1 atom stereocenters. The molecule has 0 heterocycles. The van der Waals surface area contributed by atoms with Crippen LogP contribution in [0, 0.1) is 13.8 Å². The van der Waals surface area contributed by atoms with E-state index in [9.17, 15) is 18.0 Å². The van der Waals surface area contributed by atoms with Crippen molar-refractivity contribution >= 4 is 27.5 Å². The molecule has 38 heavy (non-hydrogen) atoms. The number of amides is 2. The first kappa shape index (κ1) is 28.9. The fourth-order valence-corrected chi connectivity index (χ4v) is 5.62. The van der Waals surface area contributed by atoms with E-state index in [1.165, 1.54) is 4.90 Å². The second kappa shape index (κ2) is 13.2. The van der Waals surface area contributed by atoms with E-state index in [1.807, 2.05) is 64.1 Å². The first-order valence-corrected chi connectivity index (χ1v) is 14.4. The van der Waals surface area contributed by atoms with Gasteiger partial charge in [-0.2, -0.15) is 0 Å². The Morgan fingerprint density at radius 3 is 2.16 bits per heavy atom. The molecule has 1 unspecified atom stereocenters. The fraction of sp³-hybridized carbons (Fsp3) is 0.333. The molecule has 202 valence electrons.